The molecular formula is C81H94N5O40P8+3. The molecule has 4 fully saturated rings. The van der Waals surface area contributed by atoms with Gasteiger partial charge in [-0.3, -0.25) is 72.7 Å². The van der Waals surface area contributed by atoms with Gasteiger partial charge in [-0.2, -0.15) is 0 Å². The van der Waals surface area contributed by atoms with E-state index < -0.39 is 181 Å². The van der Waals surface area contributed by atoms with Crippen molar-refractivity contribution in [3.05, 3.63) is 271 Å². The van der Waals surface area contributed by atoms with E-state index in [2.05, 4.69) is 4.98 Å². The van der Waals surface area contributed by atoms with Crippen LogP contribution in [0.2, 0.25) is 0 Å². The number of carbonyl (C=O) groups is 4. The van der Waals surface area contributed by atoms with E-state index in [0.717, 1.165) is 11.1 Å². The van der Waals surface area contributed by atoms with Gasteiger partial charge in [-0.15, -0.1) is 0 Å². The number of imidazole rings is 1. The number of hydrogen-bond acceptors (Lipinski definition) is 33. The summed E-state index contributed by atoms with van der Waals surface area (Å²) in [6.45, 7) is 11.3. The minimum absolute atomic E-state index is 0.120. The highest BCUT2D eigenvalue weighted by Gasteiger charge is 2.73. The zero-order chi connectivity index (χ0) is 98.2. The lowest BCUT2D eigenvalue weighted by molar-refractivity contribution is -0.703. The minimum atomic E-state index is -5.24. The van der Waals surface area contributed by atoms with Crippen molar-refractivity contribution in [2.75, 3.05) is 0 Å². The molecule has 14 rings (SSSR count). The number of hydrogen-bond donors (Lipinski definition) is 12. The van der Waals surface area contributed by atoms with Crippen molar-refractivity contribution in [1.82, 2.24) is 9.38 Å². The SMILES string of the molecule is CC(C)OC(=O)Oc1ccccc1C1OP(=O)(O)C(O)(C[n+]2ccc(-c3ccccc3)cc2)P(=O)(O)O1.CC(C)OC(=O)Oc1ccccc1C1OP(=O)(O)C(O)(C[n+]2ccccc2)P(=O)(O)O1.CC(C)OC(=O)Oc1ccccc1C1OP(=O)(O)C(O)(Cc2ccc[n+](C)c2)P(=O)(O)O1.CC(C)OC(=O)Oc1ccccc1C1OP(=O)(O)C(O)(Cc2cnc3ccccn23)P(=O)(O)O1. The maximum Gasteiger partial charge on any atom is 0.514 e. The summed E-state index contributed by atoms with van der Waals surface area (Å²) in [5.41, 5.74) is 2.16. The van der Waals surface area contributed by atoms with Gasteiger partial charge in [0.25, 0.3) is 10.2 Å². The molecule has 53 heteroatoms. The van der Waals surface area contributed by atoms with Gasteiger partial charge in [0.15, 0.2) is 37.2 Å². The Bertz CT molecular complexity index is 6230. The highest BCUT2D eigenvalue weighted by molar-refractivity contribution is 7.75. The number of fused-ring (bicyclic) bond motifs is 1. The zero-order valence-corrected chi connectivity index (χ0v) is 79.2. The highest BCUT2D eigenvalue weighted by atomic mass is 31.3. The number of rotatable bonds is 21. The summed E-state index contributed by atoms with van der Waals surface area (Å²) in [5, 5.41) is 31.1. The van der Waals surface area contributed by atoms with Crippen LogP contribution in [-0.4, -0.2) is 138 Å². The first-order valence-corrected chi connectivity index (χ1v) is 52.5. The molecule has 4 aliphatic heterocycles. The van der Waals surface area contributed by atoms with Crippen molar-refractivity contribution in [3.8, 4) is 34.1 Å². The lowest BCUT2D eigenvalue weighted by Gasteiger charge is -2.41. The van der Waals surface area contributed by atoms with Crippen molar-refractivity contribution in [2.24, 2.45) is 7.05 Å². The third-order valence-corrected chi connectivity index (χ3v) is 37.6. The Morgan fingerprint density at radius 1 is 0.358 bits per heavy atom. The third kappa shape index (κ3) is 23.9. The normalized spacial score (nSPS) is 29.4. The number of pyridine rings is 4. The van der Waals surface area contributed by atoms with Gasteiger partial charge in [-0.1, -0.05) is 115 Å². The van der Waals surface area contributed by atoms with Crippen molar-refractivity contribution >= 4 is 91.0 Å². The molecule has 134 heavy (non-hydrogen) atoms. The largest absolute Gasteiger partial charge is 0.514 e. The quantitative estimate of drug-likeness (QED) is 0.0104. The Balaban J connectivity index is 0.000000172. The Hall–Kier alpha value is -9.64. The van der Waals surface area contributed by atoms with E-state index in [1.165, 1.54) is 154 Å². The molecule has 45 nitrogen and oxygen atoms in total. The lowest BCUT2D eigenvalue weighted by atomic mass is 10.1. The Morgan fingerprint density at radius 3 is 0.985 bits per heavy atom. The maximum atomic E-state index is 13.2. The zero-order valence-electron chi connectivity index (χ0n) is 72.1. The van der Waals surface area contributed by atoms with E-state index in [-0.39, 0.29) is 50.9 Å². The Kier molecular flexibility index (Phi) is 33.0. The average molecular weight is 2030 g/mol. The highest BCUT2D eigenvalue weighted by Crippen LogP contribution is 2.83. The van der Waals surface area contributed by atoms with Crippen LogP contribution >= 0.6 is 60.8 Å². The van der Waals surface area contributed by atoms with E-state index >= 15 is 0 Å². The predicted octanol–water partition coefficient (Wildman–Crippen LogP) is 13.3. The fraction of sp³-hybridized carbons (Fsp3) is 0.309. The molecule has 8 atom stereocenters. The molecule has 8 unspecified atom stereocenters. The molecule has 12 N–H and O–H groups in total. The van der Waals surface area contributed by atoms with Crippen LogP contribution in [0.5, 0.6) is 23.0 Å². The van der Waals surface area contributed by atoms with Gasteiger partial charge in [0.2, 0.25) is 38.2 Å². The Labute approximate surface area is 763 Å². The molecule has 720 valence electrons. The van der Waals surface area contributed by atoms with Crippen LogP contribution in [0.4, 0.5) is 19.2 Å². The molecule has 10 aromatic rings. The molecule has 0 saturated carbocycles. The number of para-hydroxylation sites is 4. The molecule has 0 spiro atoms. The second kappa shape index (κ2) is 42.1. The van der Waals surface area contributed by atoms with Crippen molar-refractivity contribution in [2.45, 2.75) is 151 Å². The number of nitrogens with zero attached hydrogens (tertiary/aromatic N) is 5. The number of carbonyl (C=O) groups excluding carboxylic acids is 4. The second-order valence-electron chi connectivity index (χ2n) is 30.7. The van der Waals surface area contributed by atoms with Gasteiger partial charge >= 0.3 is 95.6 Å². The van der Waals surface area contributed by atoms with Gasteiger partial charge in [-0.05, 0) is 109 Å². The smallest absolute Gasteiger partial charge is 0.431 e. The average Bonchev–Trinajstić information content (AvgIpc) is 1.15. The number of aromatic nitrogens is 5. The number of aryl methyl sites for hydroxylation is 1. The molecule has 0 radical (unpaired) electrons. The van der Waals surface area contributed by atoms with Crippen LogP contribution in [-0.2, 0) is 125 Å². The molecule has 4 saturated heterocycles. The topological polar surface area (TPSA) is 624 Å². The minimum Gasteiger partial charge on any atom is -0.431 e. The summed E-state index contributed by atoms with van der Waals surface area (Å²) in [6, 6.07) is 48.0. The van der Waals surface area contributed by atoms with Gasteiger partial charge < -0.3 is 102 Å². The first-order valence-electron chi connectivity index (χ1n) is 39.9. The first kappa shape index (κ1) is 105. The third-order valence-electron chi connectivity index (χ3n) is 19.2. The fourth-order valence-electron chi connectivity index (χ4n) is 12.7. The molecule has 0 bridgehead atoms. The molecule has 5 aromatic carbocycles. The number of benzene rings is 5. The summed E-state index contributed by atoms with van der Waals surface area (Å²) in [7, 11) is -40.0. The van der Waals surface area contributed by atoms with E-state index in [4.69, 9.17) is 74.1 Å². The van der Waals surface area contributed by atoms with Crippen LogP contribution < -0.4 is 32.6 Å². The van der Waals surface area contributed by atoms with Crippen LogP contribution in [0.3, 0.4) is 0 Å². The maximum absolute atomic E-state index is 13.2. The molecule has 9 heterocycles. The molecule has 4 aliphatic rings. The van der Waals surface area contributed by atoms with E-state index in [1.54, 1.807) is 134 Å². The van der Waals surface area contributed by atoms with Gasteiger partial charge in [0, 0.05) is 66.8 Å². The molecule has 0 amide bonds. The standard InChI is InChI=1S/C24H25NO10P2.C20H22N2O10P2.C19H23NO10P2.C18H21NO10P2/c1-17(2)32-23(26)33-21-11-7-6-10-20(21)22-34-36(28,29)24(27,37(30,31)35-22)16-25-14-12-19(13-15-25)18-8-4-3-5-9-18;1-13(2)29-19(23)30-16-8-4-3-7-15(16)18-31-33(25,26)20(24,34(27,28)32-18)11-14-12-21-17-9-5-6-10-22(14)17;1-13(2)27-18(21)28-16-9-5-4-8-15(16)17-29-31(23,24)19(22,32(25,26)30-17)11-14-7-6-10-20(3)12-14;1-13(2)26-17(20)27-15-9-5-4-8-14(15)16-28-30(22,23)18(21,31(24,25)29-16)12-19-10-6-3-7-11-19/h3-15,17,22,27H,16H2,1-2H3,(H-,28,29,30,31);3-10,12-13,18,24H,11H2,1-2H3,(H,25,26)(H,27,28);4-10,12-13,17,22H,11H2,1-3H3,(H-,23,24,25,26);3-11,13,16,21H,12H2,1-2H3,(H-,22,23,24,25)/p+3. The van der Waals surface area contributed by atoms with Crippen molar-refractivity contribution in [1.29, 1.82) is 0 Å². The summed E-state index contributed by atoms with van der Waals surface area (Å²) in [5.74, 6) is -0.732. The monoisotopic (exact) mass is 2020 g/mol. The van der Waals surface area contributed by atoms with Crippen molar-refractivity contribution < 1.29 is 203 Å². The molecule has 5 aromatic heterocycles. The van der Waals surface area contributed by atoms with E-state index in [9.17, 15) is 115 Å². The summed E-state index contributed by atoms with van der Waals surface area (Å²) < 4.78 is 191. The summed E-state index contributed by atoms with van der Waals surface area (Å²) in [6.07, 6.45) is -3.31. The van der Waals surface area contributed by atoms with Crippen LogP contribution in [0.1, 0.15) is 114 Å². The predicted molar refractivity (Wildman–Crippen MR) is 462 cm³/mol. The number of ether oxygens (including phenoxy) is 8. The van der Waals surface area contributed by atoms with Gasteiger partial charge in [-0.25, -0.2) is 37.9 Å². The van der Waals surface area contributed by atoms with Gasteiger partial charge in [0.1, 0.15) is 35.7 Å². The van der Waals surface area contributed by atoms with E-state index in [0.29, 0.717) is 11.2 Å². The number of aliphatic hydroxyl groups is 4. The van der Waals surface area contributed by atoms with Crippen molar-refractivity contribution in [3.63, 3.8) is 0 Å². The van der Waals surface area contributed by atoms with E-state index in [1.807, 2.05) is 30.3 Å². The van der Waals surface area contributed by atoms with Gasteiger partial charge in [0.05, 0.1) is 46.7 Å². The van der Waals surface area contributed by atoms with Crippen LogP contribution in [0, 0.1) is 0 Å². The second-order valence-corrected chi connectivity index (χ2v) is 48.1. The first-order chi connectivity index (χ1) is 62.6. The van der Waals surface area contributed by atoms with Crippen LogP contribution in [0.15, 0.2) is 238 Å². The molecular weight excluding hydrogens is 1930 g/mol. The summed E-state index contributed by atoms with van der Waals surface area (Å²) in [4.78, 5) is 136. The fourth-order valence-corrected chi connectivity index (χ4v) is 26.8. The lowest BCUT2D eigenvalue weighted by Crippen LogP contribution is -2.49. The van der Waals surface area contributed by atoms with Crippen LogP contribution in [0.25, 0.3) is 16.8 Å². The molecule has 0 aliphatic carbocycles. The summed E-state index contributed by atoms with van der Waals surface area (Å²) >= 11 is 0. The Morgan fingerprint density at radius 2 is 0.649 bits per heavy atom.